The van der Waals surface area contributed by atoms with E-state index >= 15 is 0 Å². The van der Waals surface area contributed by atoms with Gasteiger partial charge >= 0.3 is 5.97 Å². The van der Waals surface area contributed by atoms with Crippen molar-refractivity contribution in [3.05, 3.63) is 77.2 Å². The molecule has 0 radical (unpaired) electrons. The standard InChI is InChI=1S/C22H18N2O4/c1-3-26-18-12-8-7-11-16(18)13-17-22(25)27-21(23-17)19-14(2)28-24-20(19)15-9-5-4-6-10-15/h4-13H,3H2,1-2H3. The Morgan fingerprint density at radius 1 is 1.07 bits per heavy atom. The maximum atomic E-state index is 12.4. The highest BCUT2D eigenvalue weighted by atomic mass is 16.6. The van der Waals surface area contributed by atoms with Crippen molar-refractivity contribution < 1.29 is 18.8 Å². The van der Waals surface area contributed by atoms with Gasteiger partial charge in [0.25, 0.3) is 0 Å². The summed E-state index contributed by atoms with van der Waals surface area (Å²) in [5.41, 5.74) is 2.96. The number of benzene rings is 2. The Kier molecular flexibility index (Phi) is 4.76. The first-order valence-electron chi connectivity index (χ1n) is 8.94. The number of nitrogens with zero attached hydrogens (tertiary/aromatic N) is 2. The van der Waals surface area contributed by atoms with Crippen molar-refractivity contribution in [1.29, 1.82) is 0 Å². The number of rotatable bonds is 5. The normalized spacial score (nSPS) is 14.9. The summed E-state index contributed by atoms with van der Waals surface area (Å²) in [6.07, 6.45) is 1.66. The molecule has 2 heterocycles. The van der Waals surface area contributed by atoms with Crippen LogP contribution in [0.25, 0.3) is 17.3 Å². The highest BCUT2D eigenvalue weighted by Gasteiger charge is 2.30. The van der Waals surface area contributed by atoms with Crippen LogP contribution in [-0.2, 0) is 9.53 Å². The summed E-state index contributed by atoms with van der Waals surface area (Å²) in [6.45, 7) is 4.19. The predicted octanol–water partition coefficient (Wildman–Crippen LogP) is 4.39. The van der Waals surface area contributed by atoms with Gasteiger partial charge in [-0.05, 0) is 26.0 Å². The number of aryl methyl sites for hydroxylation is 1. The van der Waals surface area contributed by atoms with E-state index in [-0.39, 0.29) is 11.6 Å². The van der Waals surface area contributed by atoms with E-state index in [1.165, 1.54) is 0 Å². The number of esters is 1. The van der Waals surface area contributed by atoms with Gasteiger partial charge in [-0.1, -0.05) is 53.7 Å². The van der Waals surface area contributed by atoms with Gasteiger partial charge in [-0.15, -0.1) is 0 Å². The summed E-state index contributed by atoms with van der Waals surface area (Å²) >= 11 is 0. The summed E-state index contributed by atoms with van der Waals surface area (Å²) in [7, 11) is 0. The summed E-state index contributed by atoms with van der Waals surface area (Å²) < 4.78 is 16.4. The molecule has 1 aromatic heterocycles. The first-order valence-corrected chi connectivity index (χ1v) is 8.94. The fourth-order valence-corrected chi connectivity index (χ4v) is 2.97. The minimum atomic E-state index is -0.527. The van der Waals surface area contributed by atoms with Crippen LogP contribution in [0.5, 0.6) is 5.75 Å². The maximum Gasteiger partial charge on any atom is 0.363 e. The van der Waals surface area contributed by atoms with E-state index < -0.39 is 5.97 Å². The van der Waals surface area contributed by atoms with Crippen LogP contribution in [0.1, 0.15) is 23.8 Å². The molecule has 6 heteroatoms. The number of carbonyl (C=O) groups is 1. The first-order chi connectivity index (χ1) is 13.7. The van der Waals surface area contributed by atoms with Crippen molar-refractivity contribution in [1.82, 2.24) is 5.16 Å². The molecule has 0 N–H and O–H groups in total. The van der Waals surface area contributed by atoms with E-state index in [0.29, 0.717) is 29.4 Å². The molecule has 1 aliphatic heterocycles. The van der Waals surface area contributed by atoms with Crippen molar-refractivity contribution in [2.45, 2.75) is 13.8 Å². The van der Waals surface area contributed by atoms with Crippen LogP contribution in [0, 0.1) is 6.92 Å². The van der Waals surface area contributed by atoms with Crippen LogP contribution in [0.2, 0.25) is 0 Å². The zero-order valence-corrected chi connectivity index (χ0v) is 15.5. The summed E-state index contributed by atoms with van der Waals surface area (Å²) in [5, 5.41) is 4.12. The van der Waals surface area contributed by atoms with E-state index in [4.69, 9.17) is 14.0 Å². The zero-order chi connectivity index (χ0) is 19.5. The second-order valence-corrected chi connectivity index (χ2v) is 6.14. The first kappa shape index (κ1) is 17.7. The fourth-order valence-electron chi connectivity index (χ4n) is 2.97. The van der Waals surface area contributed by atoms with Gasteiger partial charge in [0.2, 0.25) is 5.90 Å². The monoisotopic (exact) mass is 374 g/mol. The van der Waals surface area contributed by atoms with E-state index in [0.717, 1.165) is 11.1 Å². The molecule has 0 fully saturated rings. The molecule has 0 aliphatic carbocycles. The molecule has 3 aromatic rings. The number of para-hydroxylation sites is 1. The highest BCUT2D eigenvalue weighted by molar-refractivity contribution is 6.15. The molecule has 140 valence electrons. The third kappa shape index (κ3) is 3.32. The van der Waals surface area contributed by atoms with E-state index in [2.05, 4.69) is 10.1 Å². The Hall–Kier alpha value is -3.67. The average molecular weight is 374 g/mol. The van der Waals surface area contributed by atoms with Crippen LogP contribution in [0.3, 0.4) is 0 Å². The lowest BCUT2D eigenvalue weighted by atomic mass is 10.1. The zero-order valence-electron chi connectivity index (χ0n) is 15.5. The van der Waals surface area contributed by atoms with Crippen LogP contribution < -0.4 is 4.74 Å². The number of cyclic esters (lactones) is 1. The molecule has 28 heavy (non-hydrogen) atoms. The second kappa shape index (κ2) is 7.52. The minimum absolute atomic E-state index is 0.183. The summed E-state index contributed by atoms with van der Waals surface area (Å²) in [6, 6.07) is 17.0. The smallest absolute Gasteiger partial charge is 0.363 e. The number of hydrogen-bond acceptors (Lipinski definition) is 6. The van der Waals surface area contributed by atoms with Gasteiger partial charge in [0.05, 0.1) is 6.61 Å². The molecule has 0 unspecified atom stereocenters. The molecule has 4 rings (SSSR count). The van der Waals surface area contributed by atoms with Crippen LogP contribution >= 0.6 is 0 Å². The quantitative estimate of drug-likeness (QED) is 0.489. The van der Waals surface area contributed by atoms with Gasteiger partial charge < -0.3 is 14.0 Å². The number of hydrogen-bond donors (Lipinski definition) is 0. The lowest BCUT2D eigenvalue weighted by molar-refractivity contribution is -0.129. The van der Waals surface area contributed by atoms with Crippen LogP contribution in [0.15, 0.2) is 69.8 Å². The molecule has 2 aromatic carbocycles. The van der Waals surface area contributed by atoms with Gasteiger partial charge in [-0.25, -0.2) is 9.79 Å². The minimum Gasteiger partial charge on any atom is -0.493 e. The van der Waals surface area contributed by atoms with Crippen LogP contribution in [-0.4, -0.2) is 23.6 Å². The predicted molar refractivity (Wildman–Crippen MR) is 105 cm³/mol. The van der Waals surface area contributed by atoms with Gasteiger partial charge in [0, 0.05) is 11.1 Å². The Labute approximate surface area is 162 Å². The number of aromatic nitrogens is 1. The molecule has 0 saturated heterocycles. The fraction of sp³-hybridized carbons (Fsp3) is 0.136. The second-order valence-electron chi connectivity index (χ2n) is 6.14. The molecule has 0 atom stereocenters. The molecule has 6 nitrogen and oxygen atoms in total. The van der Waals surface area contributed by atoms with Gasteiger partial charge in [-0.2, -0.15) is 0 Å². The molecule has 0 amide bonds. The van der Waals surface area contributed by atoms with Gasteiger partial charge in [-0.3, -0.25) is 0 Å². The van der Waals surface area contributed by atoms with Crippen LogP contribution in [0.4, 0.5) is 0 Å². The highest BCUT2D eigenvalue weighted by Crippen LogP contribution is 2.30. The van der Waals surface area contributed by atoms with Crippen molar-refractivity contribution in [2.75, 3.05) is 6.61 Å². The van der Waals surface area contributed by atoms with E-state index in [1.54, 1.807) is 13.0 Å². The summed E-state index contributed by atoms with van der Waals surface area (Å²) in [4.78, 5) is 16.8. The number of aliphatic imine (C=N–C) groups is 1. The Morgan fingerprint density at radius 3 is 2.61 bits per heavy atom. The summed E-state index contributed by atoms with van der Waals surface area (Å²) in [5.74, 6) is 0.866. The van der Waals surface area contributed by atoms with Crippen molar-refractivity contribution in [2.24, 2.45) is 4.99 Å². The molecular weight excluding hydrogens is 356 g/mol. The SMILES string of the molecule is CCOc1ccccc1C=C1N=C(c2c(-c3ccccc3)noc2C)OC1=O. The van der Waals surface area contributed by atoms with Crippen molar-refractivity contribution in [3.63, 3.8) is 0 Å². The van der Waals surface area contributed by atoms with Crippen molar-refractivity contribution >= 4 is 17.9 Å². The third-order valence-electron chi connectivity index (χ3n) is 4.26. The molecule has 1 aliphatic rings. The molecule has 0 spiro atoms. The molecule has 0 bridgehead atoms. The Morgan fingerprint density at radius 2 is 1.82 bits per heavy atom. The molecular formula is C22H18N2O4. The average Bonchev–Trinajstić information content (AvgIpc) is 3.26. The van der Waals surface area contributed by atoms with Gasteiger partial charge in [0.15, 0.2) is 5.70 Å². The molecule has 0 saturated carbocycles. The maximum absolute atomic E-state index is 12.4. The van der Waals surface area contributed by atoms with Gasteiger partial charge in [0.1, 0.15) is 22.8 Å². The largest absolute Gasteiger partial charge is 0.493 e. The number of carbonyl (C=O) groups excluding carboxylic acids is 1. The van der Waals surface area contributed by atoms with Crippen molar-refractivity contribution in [3.8, 4) is 17.0 Å². The number of ether oxygens (including phenoxy) is 2. The Bertz CT molecular complexity index is 1080. The Balaban J connectivity index is 1.75. The lowest BCUT2D eigenvalue weighted by Crippen LogP contribution is -2.07. The lowest BCUT2D eigenvalue weighted by Gasteiger charge is -2.06. The van der Waals surface area contributed by atoms with E-state index in [9.17, 15) is 4.79 Å². The topological polar surface area (TPSA) is 73.9 Å². The van der Waals surface area contributed by atoms with E-state index in [1.807, 2.05) is 61.5 Å². The third-order valence-corrected chi connectivity index (χ3v) is 4.26.